The van der Waals surface area contributed by atoms with Crippen molar-refractivity contribution in [3.63, 3.8) is 0 Å². The Morgan fingerprint density at radius 2 is 1.32 bits per heavy atom. The summed E-state index contributed by atoms with van der Waals surface area (Å²) in [6.07, 6.45) is -0.112. The summed E-state index contributed by atoms with van der Waals surface area (Å²) in [4.78, 5) is 11.3. The van der Waals surface area contributed by atoms with E-state index in [-0.39, 0.29) is 6.42 Å². The van der Waals surface area contributed by atoms with Crippen LogP contribution in [0.5, 0.6) is 17.2 Å². The Morgan fingerprint density at radius 3 is 1.71 bits per heavy atom. The van der Waals surface area contributed by atoms with E-state index in [0.29, 0.717) is 36.0 Å². The molecule has 2 N–H and O–H groups in total. The third kappa shape index (κ3) is 5.99. The molecule has 0 saturated carbocycles. The molecule has 31 heavy (non-hydrogen) atoms. The summed E-state index contributed by atoms with van der Waals surface area (Å²) in [7, 11) is 1.51. The number of carboxylic acids is 1. The van der Waals surface area contributed by atoms with Gasteiger partial charge in [0.1, 0.15) is 13.2 Å². The lowest BCUT2D eigenvalue weighted by Crippen LogP contribution is -2.16. The zero-order valence-corrected chi connectivity index (χ0v) is 17.0. The molecule has 0 heterocycles. The summed E-state index contributed by atoms with van der Waals surface area (Å²) in [5.74, 6) is -0.116. The van der Waals surface area contributed by atoms with E-state index in [4.69, 9.17) is 19.4 Å². The maximum atomic E-state index is 11.3. The number of carbonyl (C=O) groups is 1. The van der Waals surface area contributed by atoms with Gasteiger partial charge in [-0.1, -0.05) is 65.8 Å². The van der Waals surface area contributed by atoms with Crippen LogP contribution in [0.2, 0.25) is 0 Å². The molecular formula is C24H23NO6. The van der Waals surface area contributed by atoms with Crippen molar-refractivity contribution in [2.24, 2.45) is 5.16 Å². The molecule has 0 aliphatic rings. The molecular weight excluding hydrogens is 398 g/mol. The molecule has 0 atom stereocenters. The van der Waals surface area contributed by atoms with Gasteiger partial charge in [0.2, 0.25) is 5.75 Å². The Balaban J connectivity index is 1.91. The fraction of sp³-hybridized carbons (Fsp3) is 0.167. The van der Waals surface area contributed by atoms with Gasteiger partial charge in [0.05, 0.1) is 7.11 Å². The van der Waals surface area contributed by atoms with Gasteiger partial charge in [-0.05, 0) is 28.8 Å². The van der Waals surface area contributed by atoms with Gasteiger partial charge in [-0.25, -0.2) is 4.79 Å². The molecule has 7 nitrogen and oxygen atoms in total. The van der Waals surface area contributed by atoms with Gasteiger partial charge < -0.3 is 24.5 Å². The third-order valence-electron chi connectivity index (χ3n) is 4.50. The summed E-state index contributed by atoms with van der Waals surface area (Å²) < 4.78 is 17.5. The minimum atomic E-state index is -1.31. The van der Waals surface area contributed by atoms with Crippen LogP contribution < -0.4 is 14.2 Å². The highest BCUT2D eigenvalue weighted by molar-refractivity contribution is 6.35. The van der Waals surface area contributed by atoms with E-state index in [1.807, 2.05) is 60.7 Å². The van der Waals surface area contributed by atoms with E-state index in [2.05, 4.69) is 5.16 Å². The number of aliphatic carboxylic acids is 1. The van der Waals surface area contributed by atoms with E-state index in [0.717, 1.165) is 11.1 Å². The quantitative estimate of drug-likeness (QED) is 0.288. The van der Waals surface area contributed by atoms with Crippen LogP contribution in [0.1, 0.15) is 16.7 Å². The van der Waals surface area contributed by atoms with E-state index in [9.17, 15) is 9.90 Å². The van der Waals surface area contributed by atoms with Crippen LogP contribution in [0, 0.1) is 0 Å². The minimum Gasteiger partial charge on any atom is -0.490 e. The van der Waals surface area contributed by atoms with Crippen molar-refractivity contribution in [2.45, 2.75) is 19.6 Å². The molecule has 0 aliphatic carbocycles. The highest BCUT2D eigenvalue weighted by Gasteiger charge is 2.18. The average Bonchev–Trinajstić information content (AvgIpc) is 2.80. The molecule has 3 aromatic rings. The SMILES string of the molecule is COc1c(OCc2ccccc2)cc(CC(=NO)C(=O)O)cc1OCc1ccccc1. The lowest BCUT2D eigenvalue weighted by Gasteiger charge is -2.17. The van der Waals surface area contributed by atoms with Crippen molar-refractivity contribution in [1.29, 1.82) is 0 Å². The van der Waals surface area contributed by atoms with Crippen LogP contribution in [-0.4, -0.2) is 29.1 Å². The minimum absolute atomic E-state index is 0.112. The van der Waals surface area contributed by atoms with Crippen molar-refractivity contribution < 1.29 is 29.3 Å². The number of benzene rings is 3. The van der Waals surface area contributed by atoms with Crippen LogP contribution in [0.3, 0.4) is 0 Å². The number of ether oxygens (including phenoxy) is 3. The highest BCUT2D eigenvalue weighted by Crippen LogP contribution is 2.39. The van der Waals surface area contributed by atoms with Crippen molar-refractivity contribution >= 4 is 11.7 Å². The molecule has 0 radical (unpaired) electrons. The Hall–Kier alpha value is -4.00. The normalized spacial score (nSPS) is 11.1. The Labute approximate surface area is 180 Å². The molecule has 0 amide bonds. The maximum Gasteiger partial charge on any atom is 0.354 e. The average molecular weight is 421 g/mol. The van der Waals surface area contributed by atoms with Crippen LogP contribution in [-0.2, 0) is 24.4 Å². The van der Waals surface area contributed by atoms with Crippen LogP contribution >= 0.6 is 0 Å². The van der Waals surface area contributed by atoms with E-state index in [1.165, 1.54) is 7.11 Å². The molecule has 0 saturated heterocycles. The molecule has 0 bridgehead atoms. The van der Waals surface area contributed by atoms with Gasteiger partial charge in [0, 0.05) is 6.42 Å². The number of rotatable bonds is 10. The zero-order valence-electron chi connectivity index (χ0n) is 17.0. The summed E-state index contributed by atoms with van der Waals surface area (Å²) in [6, 6.07) is 22.5. The largest absolute Gasteiger partial charge is 0.490 e. The number of carboxylic acid groups (broad SMARTS) is 1. The monoisotopic (exact) mass is 421 g/mol. The number of hydrogen-bond acceptors (Lipinski definition) is 6. The Morgan fingerprint density at radius 1 is 0.839 bits per heavy atom. The van der Waals surface area contributed by atoms with Gasteiger partial charge in [-0.2, -0.15) is 0 Å². The summed E-state index contributed by atoms with van der Waals surface area (Å²) in [5.41, 5.74) is 2.07. The van der Waals surface area contributed by atoms with Gasteiger partial charge in [0.25, 0.3) is 0 Å². The lowest BCUT2D eigenvalue weighted by atomic mass is 10.1. The van der Waals surface area contributed by atoms with Crippen molar-refractivity contribution in [3.05, 3.63) is 89.5 Å². The first-order valence-electron chi connectivity index (χ1n) is 9.59. The number of nitrogens with zero attached hydrogens (tertiary/aromatic N) is 1. The fourth-order valence-electron chi connectivity index (χ4n) is 2.97. The molecule has 0 aliphatic heterocycles. The van der Waals surface area contributed by atoms with E-state index >= 15 is 0 Å². The Bertz CT molecular complexity index is 970. The Kier molecular flexibility index (Phi) is 7.48. The van der Waals surface area contributed by atoms with E-state index < -0.39 is 11.7 Å². The number of oxime groups is 1. The van der Waals surface area contributed by atoms with Gasteiger partial charge in [-0.3, -0.25) is 0 Å². The zero-order chi connectivity index (χ0) is 22.1. The van der Waals surface area contributed by atoms with Crippen molar-refractivity contribution in [3.8, 4) is 17.2 Å². The van der Waals surface area contributed by atoms with Gasteiger partial charge >= 0.3 is 5.97 Å². The van der Waals surface area contributed by atoms with Crippen LogP contribution in [0.25, 0.3) is 0 Å². The second kappa shape index (κ2) is 10.7. The molecule has 0 unspecified atom stereocenters. The van der Waals surface area contributed by atoms with Crippen molar-refractivity contribution in [2.75, 3.05) is 7.11 Å². The molecule has 3 aromatic carbocycles. The molecule has 160 valence electrons. The predicted octanol–water partition coefficient (Wildman–Crippen LogP) is 4.31. The summed E-state index contributed by atoms with van der Waals surface area (Å²) in [5, 5.41) is 21.1. The summed E-state index contributed by atoms with van der Waals surface area (Å²) >= 11 is 0. The number of methoxy groups -OCH3 is 1. The number of hydrogen-bond donors (Lipinski definition) is 2. The predicted molar refractivity (Wildman–Crippen MR) is 115 cm³/mol. The van der Waals surface area contributed by atoms with E-state index in [1.54, 1.807) is 12.1 Å². The van der Waals surface area contributed by atoms with Crippen LogP contribution in [0.4, 0.5) is 0 Å². The third-order valence-corrected chi connectivity index (χ3v) is 4.50. The molecule has 3 rings (SSSR count). The smallest absolute Gasteiger partial charge is 0.354 e. The molecule has 0 aromatic heterocycles. The fourth-order valence-corrected chi connectivity index (χ4v) is 2.97. The van der Waals surface area contributed by atoms with Gasteiger partial charge in [0.15, 0.2) is 17.2 Å². The first-order chi connectivity index (χ1) is 15.1. The topological polar surface area (TPSA) is 97.6 Å². The van der Waals surface area contributed by atoms with Gasteiger partial charge in [-0.15, -0.1) is 0 Å². The standard InChI is InChI=1S/C24H23NO6/c1-29-23-21(30-15-17-8-4-2-5-9-17)13-19(12-20(25-28)24(26)27)14-22(23)31-16-18-10-6-3-7-11-18/h2-11,13-14,28H,12,15-16H2,1H3,(H,26,27). The lowest BCUT2D eigenvalue weighted by molar-refractivity contribution is -0.129. The summed E-state index contributed by atoms with van der Waals surface area (Å²) in [6.45, 7) is 0.581. The maximum absolute atomic E-state index is 11.3. The van der Waals surface area contributed by atoms with Crippen LogP contribution in [0.15, 0.2) is 78.0 Å². The van der Waals surface area contributed by atoms with Crippen molar-refractivity contribution in [1.82, 2.24) is 0 Å². The first kappa shape index (κ1) is 21.7. The second-order valence-corrected chi connectivity index (χ2v) is 6.70. The second-order valence-electron chi connectivity index (χ2n) is 6.70. The molecule has 0 fully saturated rings. The first-order valence-corrected chi connectivity index (χ1v) is 9.59. The highest BCUT2D eigenvalue weighted by atomic mass is 16.5. The molecule has 0 spiro atoms. The molecule has 7 heteroatoms.